The first-order chi connectivity index (χ1) is 11.8. The SMILES string of the molecule is CCC(O)CC(C)(C(N)=O)C(C)N=NC(C)C(C)(CC(O)CC)C(N)=O. The molecule has 2 amide bonds. The van der Waals surface area contributed by atoms with Crippen LogP contribution in [0.25, 0.3) is 0 Å². The van der Waals surface area contributed by atoms with Crippen molar-refractivity contribution in [2.45, 2.75) is 91.5 Å². The van der Waals surface area contributed by atoms with E-state index in [1.807, 2.05) is 13.8 Å². The van der Waals surface area contributed by atoms with Gasteiger partial charge in [0.15, 0.2) is 0 Å². The molecule has 0 spiro atoms. The molecular weight excluding hydrogens is 336 g/mol. The third kappa shape index (κ3) is 6.02. The second-order valence-electron chi connectivity index (χ2n) is 7.68. The number of hydrogen-bond donors (Lipinski definition) is 4. The summed E-state index contributed by atoms with van der Waals surface area (Å²) in [6.07, 6.45) is 0.0101. The zero-order valence-electron chi connectivity index (χ0n) is 16.9. The molecule has 0 saturated carbocycles. The van der Waals surface area contributed by atoms with Crippen LogP contribution in [0, 0.1) is 10.8 Å². The Kier molecular flexibility index (Phi) is 9.38. The lowest BCUT2D eigenvalue weighted by molar-refractivity contribution is -0.131. The maximum atomic E-state index is 12.0. The lowest BCUT2D eigenvalue weighted by Crippen LogP contribution is -2.45. The highest BCUT2D eigenvalue weighted by Gasteiger charge is 2.41. The van der Waals surface area contributed by atoms with Gasteiger partial charge in [0.2, 0.25) is 11.8 Å². The van der Waals surface area contributed by atoms with E-state index >= 15 is 0 Å². The summed E-state index contributed by atoms with van der Waals surface area (Å²) in [7, 11) is 0. The number of aliphatic hydroxyl groups excluding tert-OH is 2. The molecule has 0 aromatic carbocycles. The van der Waals surface area contributed by atoms with Gasteiger partial charge in [0.1, 0.15) is 0 Å². The third-order valence-corrected chi connectivity index (χ3v) is 5.64. The lowest BCUT2D eigenvalue weighted by atomic mass is 9.76. The Morgan fingerprint density at radius 3 is 1.31 bits per heavy atom. The van der Waals surface area contributed by atoms with Crippen LogP contribution in [0.3, 0.4) is 0 Å². The molecule has 0 saturated heterocycles. The van der Waals surface area contributed by atoms with Crippen molar-refractivity contribution in [2.24, 2.45) is 32.5 Å². The van der Waals surface area contributed by atoms with Crippen molar-refractivity contribution < 1.29 is 19.8 Å². The van der Waals surface area contributed by atoms with Gasteiger partial charge in [0.05, 0.1) is 35.1 Å². The first-order valence-corrected chi connectivity index (χ1v) is 9.20. The molecule has 0 bridgehead atoms. The fourth-order valence-corrected chi connectivity index (χ4v) is 2.68. The van der Waals surface area contributed by atoms with Gasteiger partial charge in [-0.1, -0.05) is 13.8 Å². The van der Waals surface area contributed by atoms with E-state index in [9.17, 15) is 19.8 Å². The minimum Gasteiger partial charge on any atom is -0.393 e. The highest BCUT2D eigenvalue weighted by Crippen LogP contribution is 2.34. The molecule has 6 atom stereocenters. The average Bonchev–Trinajstić information content (AvgIpc) is 2.57. The topological polar surface area (TPSA) is 151 Å². The van der Waals surface area contributed by atoms with Crippen LogP contribution >= 0.6 is 0 Å². The van der Waals surface area contributed by atoms with E-state index in [-0.39, 0.29) is 12.8 Å². The lowest BCUT2D eigenvalue weighted by Gasteiger charge is -2.33. The first-order valence-electron chi connectivity index (χ1n) is 9.20. The van der Waals surface area contributed by atoms with E-state index in [0.29, 0.717) is 12.8 Å². The number of amides is 2. The Morgan fingerprint density at radius 2 is 1.12 bits per heavy atom. The number of rotatable bonds is 12. The van der Waals surface area contributed by atoms with E-state index < -0.39 is 46.9 Å². The van der Waals surface area contributed by atoms with Gasteiger partial charge >= 0.3 is 0 Å². The molecule has 0 aromatic rings. The summed E-state index contributed by atoms with van der Waals surface area (Å²) in [4.78, 5) is 23.9. The number of carbonyl (C=O) groups excluding carboxylic acids is 2. The van der Waals surface area contributed by atoms with Crippen molar-refractivity contribution in [3.63, 3.8) is 0 Å². The molecule has 0 aromatic heterocycles. The van der Waals surface area contributed by atoms with Crippen LogP contribution in [0.1, 0.15) is 67.2 Å². The number of nitrogens with zero attached hydrogens (tertiary/aromatic N) is 2. The average molecular weight is 373 g/mol. The fourth-order valence-electron chi connectivity index (χ4n) is 2.68. The van der Waals surface area contributed by atoms with E-state index in [4.69, 9.17) is 11.5 Å². The van der Waals surface area contributed by atoms with Crippen LogP contribution in [0.2, 0.25) is 0 Å². The fraction of sp³-hybridized carbons (Fsp3) is 0.889. The summed E-state index contributed by atoms with van der Waals surface area (Å²) in [6.45, 7) is 10.3. The Bertz CT molecular complexity index is 469. The summed E-state index contributed by atoms with van der Waals surface area (Å²) < 4.78 is 0. The van der Waals surface area contributed by atoms with Crippen molar-refractivity contribution >= 4 is 11.8 Å². The second kappa shape index (κ2) is 9.97. The van der Waals surface area contributed by atoms with Gasteiger partial charge in [0.25, 0.3) is 0 Å². The predicted molar refractivity (Wildman–Crippen MR) is 100 cm³/mol. The molecule has 152 valence electrons. The minimum atomic E-state index is -1.06. The van der Waals surface area contributed by atoms with Crippen LogP contribution in [-0.2, 0) is 9.59 Å². The standard InChI is InChI=1S/C18H36N4O4/c1-7-13(23)9-17(5,15(19)25)11(3)21-22-12(4)18(6,16(20)26)10-14(24)8-2/h11-14,23-24H,7-10H2,1-6H3,(H2,19,25)(H2,20,26). The summed E-state index contributed by atoms with van der Waals surface area (Å²) in [5.41, 5.74) is 8.95. The van der Waals surface area contributed by atoms with Crippen LogP contribution in [0.5, 0.6) is 0 Å². The maximum absolute atomic E-state index is 12.0. The maximum Gasteiger partial charge on any atom is 0.225 e. The Hall–Kier alpha value is -1.54. The van der Waals surface area contributed by atoms with Gasteiger partial charge in [-0.2, -0.15) is 10.2 Å². The molecule has 26 heavy (non-hydrogen) atoms. The monoisotopic (exact) mass is 372 g/mol. The molecule has 8 heteroatoms. The predicted octanol–water partition coefficient (Wildman–Crippen LogP) is 1.52. The molecule has 0 aliphatic carbocycles. The van der Waals surface area contributed by atoms with Crippen LogP contribution < -0.4 is 11.5 Å². The second-order valence-corrected chi connectivity index (χ2v) is 7.68. The molecule has 0 aliphatic rings. The number of hydrogen-bond acceptors (Lipinski definition) is 6. The summed E-state index contributed by atoms with van der Waals surface area (Å²) in [5, 5.41) is 28.3. The Balaban J connectivity index is 5.46. The van der Waals surface area contributed by atoms with Crippen molar-refractivity contribution in [3.05, 3.63) is 0 Å². The van der Waals surface area contributed by atoms with Crippen molar-refractivity contribution in [2.75, 3.05) is 0 Å². The number of aliphatic hydroxyl groups is 2. The van der Waals surface area contributed by atoms with Crippen molar-refractivity contribution in [1.82, 2.24) is 0 Å². The highest BCUT2D eigenvalue weighted by atomic mass is 16.3. The van der Waals surface area contributed by atoms with Gasteiger partial charge in [-0.25, -0.2) is 0 Å². The first kappa shape index (κ1) is 24.5. The molecule has 6 unspecified atom stereocenters. The van der Waals surface area contributed by atoms with Crippen LogP contribution in [-0.4, -0.2) is 46.3 Å². The number of primary amides is 2. The molecule has 0 heterocycles. The zero-order valence-corrected chi connectivity index (χ0v) is 16.9. The Morgan fingerprint density at radius 1 is 0.846 bits per heavy atom. The summed E-state index contributed by atoms with van der Waals surface area (Å²) in [6, 6.07) is -1.17. The molecule has 0 aliphatic heterocycles. The van der Waals surface area contributed by atoms with Gasteiger partial charge in [-0.05, 0) is 53.4 Å². The van der Waals surface area contributed by atoms with Gasteiger partial charge < -0.3 is 21.7 Å². The van der Waals surface area contributed by atoms with E-state index in [0.717, 1.165) is 0 Å². The third-order valence-electron chi connectivity index (χ3n) is 5.64. The molecule has 8 nitrogen and oxygen atoms in total. The molecule has 6 N–H and O–H groups in total. The largest absolute Gasteiger partial charge is 0.393 e. The van der Waals surface area contributed by atoms with Crippen molar-refractivity contribution in [3.8, 4) is 0 Å². The van der Waals surface area contributed by atoms with E-state index in [1.165, 1.54) is 0 Å². The van der Waals surface area contributed by atoms with Crippen LogP contribution in [0.15, 0.2) is 10.2 Å². The molecule has 0 radical (unpaired) electrons. The van der Waals surface area contributed by atoms with E-state index in [2.05, 4.69) is 10.2 Å². The van der Waals surface area contributed by atoms with Gasteiger partial charge in [-0.15, -0.1) is 0 Å². The Labute approximate surface area is 156 Å². The molecular formula is C18H36N4O4. The highest BCUT2D eigenvalue weighted by molar-refractivity contribution is 5.81. The number of azo groups is 1. The van der Waals surface area contributed by atoms with Crippen LogP contribution in [0.4, 0.5) is 0 Å². The smallest absolute Gasteiger partial charge is 0.225 e. The summed E-state index contributed by atoms with van der Waals surface area (Å²) >= 11 is 0. The number of nitrogens with two attached hydrogens (primary N) is 2. The van der Waals surface area contributed by atoms with Gasteiger partial charge in [0, 0.05) is 0 Å². The number of carbonyl (C=O) groups is 2. The van der Waals surface area contributed by atoms with Crippen molar-refractivity contribution in [1.29, 1.82) is 0 Å². The zero-order chi connectivity index (χ0) is 20.7. The molecule has 0 fully saturated rings. The van der Waals surface area contributed by atoms with E-state index in [1.54, 1.807) is 27.7 Å². The normalized spacial score (nSPS) is 21.4. The summed E-state index contributed by atoms with van der Waals surface area (Å²) in [5.74, 6) is -1.13. The quantitative estimate of drug-likeness (QED) is 0.384. The van der Waals surface area contributed by atoms with Gasteiger partial charge in [-0.3, -0.25) is 9.59 Å². The molecule has 0 rings (SSSR count). The minimum absolute atomic E-state index is 0.176.